The standard InChI is InChI=1S/C16H18N2O4/c1-12-10-18(8-9-21-12)16(20)14-6-5-13(22-14)11-17-7-3-2-4-15(17)19/h2-7,12H,8-11H2,1H3/t12-/m1/s1. The zero-order chi connectivity index (χ0) is 15.5. The number of nitrogens with zero attached hydrogens (tertiary/aromatic N) is 2. The van der Waals surface area contributed by atoms with Gasteiger partial charge >= 0.3 is 0 Å². The minimum atomic E-state index is -0.137. The van der Waals surface area contributed by atoms with Crippen LogP contribution in [0.1, 0.15) is 23.2 Å². The number of morpholine rings is 1. The molecule has 6 nitrogen and oxygen atoms in total. The van der Waals surface area contributed by atoms with Crippen molar-refractivity contribution in [2.75, 3.05) is 19.7 Å². The predicted octanol–water partition coefficient (Wildman–Crippen LogP) is 1.35. The number of carbonyl (C=O) groups excluding carboxylic acids is 1. The third kappa shape index (κ3) is 3.12. The lowest BCUT2D eigenvalue weighted by Crippen LogP contribution is -2.44. The predicted molar refractivity (Wildman–Crippen MR) is 79.8 cm³/mol. The van der Waals surface area contributed by atoms with E-state index < -0.39 is 0 Å². The maximum atomic E-state index is 12.4. The van der Waals surface area contributed by atoms with Gasteiger partial charge in [0.05, 0.1) is 19.3 Å². The Morgan fingerprint density at radius 1 is 1.32 bits per heavy atom. The molecule has 22 heavy (non-hydrogen) atoms. The van der Waals surface area contributed by atoms with Gasteiger partial charge in [-0.3, -0.25) is 9.59 Å². The molecular weight excluding hydrogens is 284 g/mol. The SMILES string of the molecule is C[C@@H]1CN(C(=O)c2ccc(Cn3ccccc3=O)o2)CCO1. The fraction of sp³-hybridized carbons (Fsp3) is 0.375. The van der Waals surface area contributed by atoms with Gasteiger partial charge in [0.15, 0.2) is 5.76 Å². The summed E-state index contributed by atoms with van der Waals surface area (Å²) in [6, 6.07) is 8.35. The molecule has 0 N–H and O–H groups in total. The molecule has 0 spiro atoms. The topological polar surface area (TPSA) is 64.7 Å². The Morgan fingerprint density at radius 3 is 2.95 bits per heavy atom. The summed E-state index contributed by atoms with van der Waals surface area (Å²) in [5.41, 5.74) is -0.103. The maximum Gasteiger partial charge on any atom is 0.289 e. The summed E-state index contributed by atoms with van der Waals surface area (Å²) < 4.78 is 12.6. The smallest absolute Gasteiger partial charge is 0.289 e. The molecule has 1 aliphatic heterocycles. The van der Waals surface area contributed by atoms with E-state index >= 15 is 0 Å². The lowest BCUT2D eigenvalue weighted by molar-refractivity contribution is -0.0135. The van der Waals surface area contributed by atoms with Gasteiger partial charge in [-0.15, -0.1) is 0 Å². The number of rotatable bonds is 3. The number of furan rings is 1. The largest absolute Gasteiger partial charge is 0.454 e. The van der Waals surface area contributed by atoms with Crippen LogP contribution in [-0.2, 0) is 11.3 Å². The van der Waals surface area contributed by atoms with E-state index in [-0.39, 0.29) is 17.6 Å². The quantitative estimate of drug-likeness (QED) is 0.858. The second-order valence-electron chi connectivity index (χ2n) is 5.37. The molecule has 6 heteroatoms. The average molecular weight is 302 g/mol. The Kier molecular flexibility index (Phi) is 4.11. The first-order valence-electron chi connectivity index (χ1n) is 7.28. The molecule has 2 aromatic rings. The van der Waals surface area contributed by atoms with Crippen molar-refractivity contribution in [1.29, 1.82) is 0 Å². The third-order valence-electron chi connectivity index (χ3n) is 3.63. The Bertz CT molecular complexity index is 719. The highest BCUT2D eigenvalue weighted by Crippen LogP contribution is 2.14. The Morgan fingerprint density at radius 2 is 2.18 bits per heavy atom. The van der Waals surface area contributed by atoms with E-state index in [1.54, 1.807) is 35.4 Å². The lowest BCUT2D eigenvalue weighted by Gasteiger charge is -2.30. The number of amides is 1. The molecule has 1 amide bonds. The molecular formula is C16H18N2O4. The van der Waals surface area contributed by atoms with Crippen LogP contribution in [0, 0.1) is 0 Å². The van der Waals surface area contributed by atoms with Crippen molar-refractivity contribution >= 4 is 5.91 Å². The highest BCUT2D eigenvalue weighted by Gasteiger charge is 2.24. The first-order chi connectivity index (χ1) is 10.6. The van der Waals surface area contributed by atoms with E-state index in [1.165, 1.54) is 10.6 Å². The summed E-state index contributed by atoms with van der Waals surface area (Å²) >= 11 is 0. The monoisotopic (exact) mass is 302 g/mol. The molecule has 116 valence electrons. The number of hydrogen-bond acceptors (Lipinski definition) is 4. The fourth-order valence-corrected chi connectivity index (χ4v) is 2.50. The van der Waals surface area contributed by atoms with Gasteiger partial charge < -0.3 is 18.6 Å². The second kappa shape index (κ2) is 6.19. The van der Waals surface area contributed by atoms with E-state index in [2.05, 4.69) is 0 Å². The Balaban J connectivity index is 1.72. The summed E-state index contributed by atoms with van der Waals surface area (Å²) in [7, 11) is 0. The van der Waals surface area contributed by atoms with Crippen molar-refractivity contribution in [2.24, 2.45) is 0 Å². The highest BCUT2D eigenvalue weighted by molar-refractivity contribution is 5.91. The summed E-state index contributed by atoms with van der Waals surface area (Å²) in [6.45, 7) is 3.92. The minimum Gasteiger partial charge on any atom is -0.454 e. The first-order valence-corrected chi connectivity index (χ1v) is 7.28. The van der Waals surface area contributed by atoms with E-state index in [0.717, 1.165) is 0 Å². The van der Waals surface area contributed by atoms with Crippen molar-refractivity contribution in [3.8, 4) is 0 Å². The van der Waals surface area contributed by atoms with Crippen LogP contribution in [0.3, 0.4) is 0 Å². The Labute approximate surface area is 127 Å². The molecule has 3 rings (SSSR count). The molecule has 2 aromatic heterocycles. The van der Waals surface area contributed by atoms with Crippen LogP contribution in [0.25, 0.3) is 0 Å². The van der Waals surface area contributed by atoms with Crippen molar-refractivity contribution < 1.29 is 13.9 Å². The second-order valence-corrected chi connectivity index (χ2v) is 5.37. The molecule has 1 aliphatic rings. The fourth-order valence-electron chi connectivity index (χ4n) is 2.50. The number of hydrogen-bond donors (Lipinski definition) is 0. The van der Waals surface area contributed by atoms with Crippen molar-refractivity contribution in [2.45, 2.75) is 19.6 Å². The lowest BCUT2D eigenvalue weighted by atomic mass is 10.3. The van der Waals surface area contributed by atoms with Gasteiger partial charge in [0.25, 0.3) is 11.5 Å². The van der Waals surface area contributed by atoms with Gasteiger partial charge in [0.1, 0.15) is 5.76 Å². The van der Waals surface area contributed by atoms with E-state index in [1.807, 2.05) is 6.92 Å². The van der Waals surface area contributed by atoms with Gasteiger partial charge in [-0.05, 0) is 25.1 Å². The zero-order valence-corrected chi connectivity index (χ0v) is 12.4. The molecule has 3 heterocycles. The normalized spacial score (nSPS) is 18.4. The summed E-state index contributed by atoms with van der Waals surface area (Å²) in [5.74, 6) is 0.743. The van der Waals surface area contributed by atoms with E-state index in [4.69, 9.17) is 9.15 Å². The molecule has 0 radical (unpaired) electrons. The highest BCUT2D eigenvalue weighted by atomic mass is 16.5. The van der Waals surface area contributed by atoms with Crippen molar-refractivity contribution in [3.63, 3.8) is 0 Å². The summed E-state index contributed by atoms with van der Waals surface area (Å²) in [4.78, 5) is 25.8. The summed E-state index contributed by atoms with van der Waals surface area (Å²) in [6.07, 6.45) is 1.73. The molecule has 1 saturated heterocycles. The zero-order valence-electron chi connectivity index (χ0n) is 12.4. The molecule has 0 aliphatic carbocycles. The minimum absolute atomic E-state index is 0.0371. The average Bonchev–Trinajstić information content (AvgIpc) is 2.97. The van der Waals surface area contributed by atoms with Crippen LogP contribution < -0.4 is 5.56 Å². The van der Waals surface area contributed by atoms with E-state index in [0.29, 0.717) is 37.8 Å². The van der Waals surface area contributed by atoms with Crippen LogP contribution in [0.15, 0.2) is 45.7 Å². The third-order valence-corrected chi connectivity index (χ3v) is 3.63. The molecule has 0 unspecified atom stereocenters. The molecule has 0 saturated carbocycles. The van der Waals surface area contributed by atoms with E-state index in [9.17, 15) is 9.59 Å². The molecule has 0 aromatic carbocycles. The van der Waals surface area contributed by atoms with Gasteiger partial charge in [0, 0.05) is 25.4 Å². The van der Waals surface area contributed by atoms with Crippen molar-refractivity contribution in [1.82, 2.24) is 9.47 Å². The van der Waals surface area contributed by atoms with Crippen LogP contribution in [-0.4, -0.2) is 41.2 Å². The number of aromatic nitrogens is 1. The molecule has 1 fully saturated rings. The van der Waals surface area contributed by atoms with Crippen molar-refractivity contribution in [3.05, 3.63) is 58.4 Å². The van der Waals surface area contributed by atoms with Crippen LogP contribution >= 0.6 is 0 Å². The van der Waals surface area contributed by atoms with Crippen LogP contribution in [0.5, 0.6) is 0 Å². The maximum absolute atomic E-state index is 12.4. The van der Waals surface area contributed by atoms with Gasteiger partial charge in [-0.25, -0.2) is 0 Å². The van der Waals surface area contributed by atoms with Gasteiger partial charge in [0.2, 0.25) is 0 Å². The number of pyridine rings is 1. The molecule has 1 atom stereocenters. The van der Waals surface area contributed by atoms with Crippen LogP contribution in [0.2, 0.25) is 0 Å². The number of ether oxygens (including phenoxy) is 1. The first kappa shape index (κ1) is 14.6. The van der Waals surface area contributed by atoms with Gasteiger partial charge in [-0.2, -0.15) is 0 Å². The van der Waals surface area contributed by atoms with Gasteiger partial charge in [-0.1, -0.05) is 6.07 Å². The van der Waals surface area contributed by atoms with Crippen LogP contribution in [0.4, 0.5) is 0 Å². The summed E-state index contributed by atoms with van der Waals surface area (Å²) in [5, 5.41) is 0. The molecule has 0 bridgehead atoms. The Hall–Kier alpha value is -2.34. The number of carbonyl (C=O) groups is 1.